The second-order valence-corrected chi connectivity index (χ2v) is 5.72. The zero-order valence-corrected chi connectivity index (χ0v) is 10.8. The molecular formula is C9H17NO6S. The van der Waals surface area contributed by atoms with E-state index in [-0.39, 0.29) is 13.0 Å². The Morgan fingerprint density at radius 1 is 1.35 bits per heavy atom. The third kappa shape index (κ3) is 5.14. The molecular weight excluding hydrogens is 250 g/mol. The van der Waals surface area contributed by atoms with E-state index < -0.39 is 33.1 Å². The number of carbonyl (C=O) groups excluding carboxylic acids is 1. The van der Waals surface area contributed by atoms with Crippen LogP contribution >= 0.6 is 0 Å². The Kier molecular flexibility index (Phi) is 6.11. The molecule has 0 spiro atoms. The second-order valence-electron chi connectivity index (χ2n) is 3.63. The van der Waals surface area contributed by atoms with Gasteiger partial charge in [-0.2, -0.15) is 0 Å². The van der Waals surface area contributed by atoms with Crippen LogP contribution in [0.3, 0.4) is 0 Å². The van der Waals surface area contributed by atoms with E-state index in [9.17, 15) is 18.0 Å². The molecule has 0 aliphatic rings. The van der Waals surface area contributed by atoms with E-state index >= 15 is 0 Å². The van der Waals surface area contributed by atoms with Gasteiger partial charge in [0.05, 0.1) is 13.0 Å². The van der Waals surface area contributed by atoms with Crippen molar-refractivity contribution >= 4 is 22.0 Å². The van der Waals surface area contributed by atoms with Crippen molar-refractivity contribution in [2.45, 2.75) is 25.5 Å². The molecule has 0 fully saturated rings. The monoisotopic (exact) mass is 267 g/mol. The summed E-state index contributed by atoms with van der Waals surface area (Å²) >= 11 is 0. The fourth-order valence-corrected chi connectivity index (χ4v) is 1.96. The van der Waals surface area contributed by atoms with Gasteiger partial charge in [0.2, 0.25) is 10.0 Å². The number of carbonyl (C=O) groups is 2. The highest BCUT2D eigenvalue weighted by atomic mass is 32.2. The number of methoxy groups -OCH3 is 1. The molecule has 2 N–H and O–H groups in total. The van der Waals surface area contributed by atoms with Crippen LogP contribution < -0.4 is 4.72 Å². The number of aliphatic carboxylic acids is 1. The maximum atomic E-state index is 11.5. The van der Waals surface area contributed by atoms with Crippen molar-refractivity contribution in [2.24, 2.45) is 5.92 Å². The van der Waals surface area contributed by atoms with E-state index in [1.165, 1.54) is 13.8 Å². The molecule has 0 heterocycles. The first-order valence-electron chi connectivity index (χ1n) is 5.01. The standard InChI is InChI=1S/C9H17NO6S/c1-6(8(11)12)4-5-10-17(14,15)7(2)9(13)16-3/h6-7,10H,4-5H2,1-3H3,(H,11,12). The molecule has 2 unspecified atom stereocenters. The van der Waals surface area contributed by atoms with Crippen LogP contribution in [0.25, 0.3) is 0 Å². The lowest BCUT2D eigenvalue weighted by Gasteiger charge is -2.12. The number of rotatable bonds is 7. The van der Waals surface area contributed by atoms with Crippen molar-refractivity contribution in [1.82, 2.24) is 4.72 Å². The molecule has 100 valence electrons. The molecule has 0 aromatic carbocycles. The minimum atomic E-state index is -3.81. The van der Waals surface area contributed by atoms with E-state index in [0.29, 0.717) is 0 Å². The van der Waals surface area contributed by atoms with Gasteiger partial charge in [0, 0.05) is 6.54 Å². The Morgan fingerprint density at radius 3 is 2.29 bits per heavy atom. The van der Waals surface area contributed by atoms with Gasteiger partial charge in [0.25, 0.3) is 0 Å². The van der Waals surface area contributed by atoms with E-state index in [1.807, 2.05) is 0 Å². The summed E-state index contributed by atoms with van der Waals surface area (Å²) in [5.41, 5.74) is 0. The van der Waals surface area contributed by atoms with Crippen molar-refractivity contribution in [3.8, 4) is 0 Å². The number of hydrogen-bond donors (Lipinski definition) is 2. The Bertz CT molecular complexity index is 377. The average molecular weight is 267 g/mol. The third-order valence-electron chi connectivity index (χ3n) is 2.30. The number of sulfonamides is 1. The summed E-state index contributed by atoms with van der Waals surface area (Å²) in [6.45, 7) is 2.65. The van der Waals surface area contributed by atoms with E-state index in [2.05, 4.69) is 9.46 Å². The zero-order chi connectivity index (χ0) is 13.6. The molecule has 0 aromatic heterocycles. The number of carboxylic acid groups (broad SMARTS) is 1. The molecule has 0 rings (SSSR count). The Morgan fingerprint density at radius 2 is 1.88 bits per heavy atom. The highest BCUT2D eigenvalue weighted by molar-refractivity contribution is 7.90. The molecule has 0 bridgehead atoms. The van der Waals surface area contributed by atoms with Crippen LogP contribution in [0.5, 0.6) is 0 Å². The molecule has 17 heavy (non-hydrogen) atoms. The summed E-state index contributed by atoms with van der Waals surface area (Å²) in [4.78, 5) is 21.5. The maximum Gasteiger partial charge on any atom is 0.325 e. The summed E-state index contributed by atoms with van der Waals surface area (Å²) in [6.07, 6.45) is 0.155. The lowest BCUT2D eigenvalue weighted by Crippen LogP contribution is -2.39. The zero-order valence-electron chi connectivity index (χ0n) is 9.97. The van der Waals surface area contributed by atoms with Crippen LogP contribution in [0.1, 0.15) is 20.3 Å². The fraction of sp³-hybridized carbons (Fsp3) is 0.778. The van der Waals surface area contributed by atoms with Crippen LogP contribution in [0.4, 0.5) is 0 Å². The summed E-state index contributed by atoms with van der Waals surface area (Å²) < 4.78 is 29.5. The predicted molar refractivity (Wildman–Crippen MR) is 59.8 cm³/mol. The van der Waals surface area contributed by atoms with E-state index in [0.717, 1.165) is 7.11 Å². The quantitative estimate of drug-likeness (QED) is 0.606. The van der Waals surface area contributed by atoms with Crippen LogP contribution in [0.2, 0.25) is 0 Å². The van der Waals surface area contributed by atoms with Crippen molar-refractivity contribution in [3.05, 3.63) is 0 Å². The third-order valence-corrected chi connectivity index (χ3v) is 4.03. The number of esters is 1. The molecule has 0 aromatic rings. The first-order valence-corrected chi connectivity index (χ1v) is 6.56. The van der Waals surface area contributed by atoms with Crippen LogP contribution in [0, 0.1) is 5.92 Å². The Balaban J connectivity index is 4.29. The summed E-state index contributed by atoms with van der Waals surface area (Å²) in [7, 11) is -2.71. The summed E-state index contributed by atoms with van der Waals surface area (Å²) in [5, 5.41) is 7.28. The topological polar surface area (TPSA) is 110 Å². The van der Waals surface area contributed by atoms with Crippen LogP contribution in [-0.2, 0) is 24.3 Å². The molecule has 0 saturated carbocycles. The number of carboxylic acids is 1. The highest BCUT2D eigenvalue weighted by Crippen LogP contribution is 2.04. The molecule has 8 heteroatoms. The maximum absolute atomic E-state index is 11.5. The molecule has 0 saturated heterocycles. The molecule has 0 aliphatic carbocycles. The van der Waals surface area contributed by atoms with E-state index in [4.69, 9.17) is 5.11 Å². The van der Waals surface area contributed by atoms with Crippen molar-refractivity contribution in [2.75, 3.05) is 13.7 Å². The van der Waals surface area contributed by atoms with Gasteiger partial charge in [-0.3, -0.25) is 9.59 Å². The largest absolute Gasteiger partial charge is 0.481 e. The lowest BCUT2D eigenvalue weighted by molar-refractivity contribution is -0.141. The lowest BCUT2D eigenvalue weighted by atomic mass is 10.1. The highest BCUT2D eigenvalue weighted by Gasteiger charge is 2.28. The molecule has 2 atom stereocenters. The van der Waals surface area contributed by atoms with Crippen molar-refractivity contribution in [1.29, 1.82) is 0 Å². The Hall–Kier alpha value is -1.15. The normalized spacial score (nSPS) is 15.0. The molecule has 0 aliphatic heterocycles. The molecule has 0 amide bonds. The van der Waals surface area contributed by atoms with E-state index in [1.54, 1.807) is 0 Å². The van der Waals surface area contributed by atoms with Gasteiger partial charge in [-0.1, -0.05) is 6.92 Å². The number of nitrogens with one attached hydrogen (secondary N) is 1. The number of ether oxygens (including phenoxy) is 1. The van der Waals surface area contributed by atoms with Gasteiger partial charge in [0.15, 0.2) is 5.25 Å². The first kappa shape index (κ1) is 15.9. The predicted octanol–water partition coefficient (Wildman–Crippen LogP) is -0.422. The number of hydrogen-bond acceptors (Lipinski definition) is 5. The molecule has 0 radical (unpaired) electrons. The van der Waals surface area contributed by atoms with Crippen molar-refractivity contribution in [3.63, 3.8) is 0 Å². The minimum Gasteiger partial charge on any atom is -0.481 e. The first-order chi connectivity index (χ1) is 7.72. The Labute approximate surface area is 100 Å². The van der Waals surface area contributed by atoms with Gasteiger partial charge in [-0.25, -0.2) is 13.1 Å². The van der Waals surface area contributed by atoms with Gasteiger partial charge in [0.1, 0.15) is 0 Å². The smallest absolute Gasteiger partial charge is 0.325 e. The van der Waals surface area contributed by atoms with Gasteiger partial charge < -0.3 is 9.84 Å². The SMILES string of the molecule is COC(=O)C(C)S(=O)(=O)NCCC(C)C(=O)O. The van der Waals surface area contributed by atoms with Crippen molar-refractivity contribution < 1.29 is 27.9 Å². The van der Waals surface area contributed by atoms with Crippen LogP contribution in [-0.4, -0.2) is 44.4 Å². The fourth-order valence-electron chi connectivity index (χ4n) is 0.959. The van der Waals surface area contributed by atoms with Gasteiger partial charge in [-0.05, 0) is 13.3 Å². The van der Waals surface area contributed by atoms with Gasteiger partial charge in [-0.15, -0.1) is 0 Å². The van der Waals surface area contributed by atoms with Crippen LogP contribution in [0.15, 0.2) is 0 Å². The van der Waals surface area contributed by atoms with Gasteiger partial charge >= 0.3 is 11.9 Å². The minimum absolute atomic E-state index is 0.0306. The molecule has 7 nitrogen and oxygen atoms in total. The summed E-state index contributed by atoms with van der Waals surface area (Å²) in [6, 6.07) is 0. The second kappa shape index (κ2) is 6.55. The average Bonchev–Trinajstić information content (AvgIpc) is 2.26. The summed E-state index contributed by atoms with van der Waals surface area (Å²) in [5.74, 6) is -2.50.